The summed E-state index contributed by atoms with van der Waals surface area (Å²) in [7, 11) is 2.03. The molecule has 1 aliphatic heterocycles. The Morgan fingerprint density at radius 2 is 2.20 bits per heavy atom. The van der Waals surface area contributed by atoms with Gasteiger partial charge >= 0.3 is 0 Å². The molecule has 1 atom stereocenters. The third-order valence-corrected chi connectivity index (χ3v) is 3.16. The molecule has 0 aromatic rings. The zero-order valence-electron chi connectivity index (χ0n) is 10.5. The van der Waals surface area contributed by atoms with Crippen molar-refractivity contribution in [3.8, 4) is 0 Å². The minimum Gasteiger partial charge on any atom is -0.350 e. The fourth-order valence-corrected chi connectivity index (χ4v) is 2.35. The van der Waals surface area contributed by atoms with Crippen molar-refractivity contribution in [3.05, 3.63) is 0 Å². The van der Waals surface area contributed by atoms with E-state index in [1.807, 2.05) is 7.05 Å². The summed E-state index contributed by atoms with van der Waals surface area (Å²) < 4.78 is 0. The standard InChI is InChI=1S/C12H24N2O/c1-5-8-12(2,3)13-11(15)10-7-6-9-14(10)4/h10H,5-9H2,1-4H3,(H,13,15)/t10-/m0/s1. The van der Waals surface area contributed by atoms with Crippen molar-refractivity contribution in [2.45, 2.75) is 58.0 Å². The first-order chi connectivity index (χ1) is 6.96. The highest BCUT2D eigenvalue weighted by molar-refractivity contribution is 5.82. The molecule has 88 valence electrons. The molecule has 0 saturated carbocycles. The molecule has 3 nitrogen and oxygen atoms in total. The van der Waals surface area contributed by atoms with E-state index in [0.29, 0.717) is 0 Å². The van der Waals surface area contributed by atoms with Crippen LogP contribution < -0.4 is 5.32 Å². The van der Waals surface area contributed by atoms with Gasteiger partial charge in [0.2, 0.25) is 5.91 Å². The SMILES string of the molecule is CCCC(C)(C)NC(=O)[C@@H]1CCCN1C. The van der Waals surface area contributed by atoms with Gasteiger partial charge < -0.3 is 5.32 Å². The van der Waals surface area contributed by atoms with Crippen LogP contribution in [0.5, 0.6) is 0 Å². The van der Waals surface area contributed by atoms with E-state index in [0.717, 1.165) is 32.2 Å². The second-order valence-electron chi connectivity index (χ2n) is 5.26. The maximum atomic E-state index is 12.0. The van der Waals surface area contributed by atoms with E-state index in [2.05, 4.69) is 31.0 Å². The molecule has 0 aromatic carbocycles. The van der Waals surface area contributed by atoms with Crippen LogP contribution in [-0.4, -0.2) is 36.0 Å². The lowest BCUT2D eigenvalue weighted by atomic mass is 9.98. The van der Waals surface area contributed by atoms with Crippen molar-refractivity contribution >= 4 is 5.91 Å². The number of nitrogens with one attached hydrogen (secondary N) is 1. The molecule has 1 N–H and O–H groups in total. The second kappa shape index (κ2) is 4.97. The molecule has 1 saturated heterocycles. The topological polar surface area (TPSA) is 32.3 Å². The Hall–Kier alpha value is -0.570. The summed E-state index contributed by atoms with van der Waals surface area (Å²) in [4.78, 5) is 14.1. The maximum Gasteiger partial charge on any atom is 0.237 e. The van der Waals surface area contributed by atoms with Crippen molar-refractivity contribution in [1.82, 2.24) is 10.2 Å². The molecule has 1 fully saturated rings. The van der Waals surface area contributed by atoms with Gasteiger partial charge in [0.1, 0.15) is 0 Å². The van der Waals surface area contributed by atoms with Gasteiger partial charge in [-0.1, -0.05) is 13.3 Å². The molecule has 15 heavy (non-hydrogen) atoms. The van der Waals surface area contributed by atoms with Gasteiger partial charge in [-0.05, 0) is 46.7 Å². The van der Waals surface area contributed by atoms with E-state index >= 15 is 0 Å². The number of likely N-dealkylation sites (tertiary alicyclic amines) is 1. The molecule has 1 amide bonds. The van der Waals surface area contributed by atoms with Crippen LogP contribution in [0, 0.1) is 0 Å². The van der Waals surface area contributed by atoms with Gasteiger partial charge in [0.05, 0.1) is 6.04 Å². The first-order valence-corrected chi connectivity index (χ1v) is 5.98. The van der Waals surface area contributed by atoms with Crippen LogP contribution in [0.1, 0.15) is 46.5 Å². The van der Waals surface area contributed by atoms with Crippen molar-refractivity contribution in [3.63, 3.8) is 0 Å². The highest BCUT2D eigenvalue weighted by Crippen LogP contribution is 2.17. The molecule has 3 heteroatoms. The summed E-state index contributed by atoms with van der Waals surface area (Å²) in [6.07, 6.45) is 4.29. The molecule has 1 aliphatic rings. The second-order valence-corrected chi connectivity index (χ2v) is 5.26. The Kier molecular flexibility index (Phi) is 4.14. The Morgan fingerprint density at radius 1 is 1.53 bits per heavy atom. The number of hydrogen-bond acceptors (Lipinski definition) is 2. The van der Waals surface area contributed by atoms with E-state index in [1.165, 1.54) is 0 Å². The molecule has 1 heterocycles. The van der Waals surface area contributed by atoms with E-state index in [-0.39, 0.29) is 17.5 Å². The number of nitrogens with zero attached hydrogens (tertiary/aromatic N) is 1. The molecular weight excluding hydrogens is 188 g/mol. The van der Waals surface area contributed by atoms with E-state index in [4.69, 9.17) is 0 Å². The van der Waals surface area contributed by atoms with Crippen molar-refractivity contribution < 1.29 is 4.79 Å². The Balaban J connectivity index is 2.47. The number of amides is 1. The van der Waals surface area contributed by atoms with Gasteiger partial charge in [-0.3, -0.25) is 9.69 Å². The monoisotopic (exact) mass is 212 g/mol. The first-order valence-electron chi connectivity index (χ1n) is 5.98. The zero-order valence-corrected chi connectivity index (χ0v) is 10.5. The predicted molar refractivity (Wildman–Crippen MR) is 62.8 cm³/mol. The van der Waals surface area contributed by atoms with Crippen LogP contribution in [0.3, 0.4) is 0 Å². The van der Waals surface area contributed by atoms with E-state index in [1.54, 1.807) is 0 Å². The van der Waals surface area contributed by atoms with Crippen molar-refractivity contribution in [2.24, 2.45) is 0 Å². The molecule has 0 radical (unpaired) electrons. The van der Waals surface area contributed by atoms with E-state index in [9.17, 15) is 4.79 Å². The fourth-order valence-electron chi connectivity index (χ4n) is 2.35. The van der Waals surface area contributed by atoms with Gasteiger partial charge in [-0.15, -0.1) is 0 Å². The molecule has 1 rings (SSSR count). The average Bonchev–Trinajstić information content (AvgIpc) is 2.50. The van der Waals surface area contributed by atoms with Crippen LogP contribution in [0.25, 0.3) is 0 Å². The maximum absolute atomic E-state index is 12.0. The summed E-state index contributed by atoms with van der Waals surface area (Å²) in [6.45, 7) is 7.40. The van der Waals surface area contributed by atoms with Gasteiger partial charge in [-0.2, -0.15) is 0 Å². The van der Waals surface area contributed by atoms with Gasteiger partial charge in [0.15, 0.2) is 0 Å². The third-order valence-electron chi connectivity index (χ3n) is 3.16. The predicted octanol–water partition coefficient (Wildman–Crippen LogP) is 1.78. The highest BCUT2D eigenvalue weighted by atomic mass is 16.2. The molecular formula is C12H24N2O. The number of rotatable bonds is 4. The average molecular weight is 212 g/mol. The quantitative estimate of drug-likeness (QED) is 0.770. The van der Waals surface area contributed by atoms with E-state index < -0.39 is 0 Å². The van der Waals surface area contributed by atoms with Crippen LogP contribution in [0.15, 0.2) is 0 Å². The van der Waals surface area contributed by atoms with Crippen LogP contribution >= 0.6 is 0 Å². The number of carbonyl (C=O) groups is 1. The molecule has 0 bridgehead atoms. The van der Waals surface area contributed by atoms with Gasteiger partial charge in [0, 0.05) is 5.54 Å². The number of hydrogen-bond donors (Lipinski definition) is 1. The first kappa shape index (κ1) is 12.5. The molecule has 0 unspecified atom stereocenters. The fraction of sp³-hybridized carbons (Fsp3) is 0.917. The zero-order chi connectivity index (χ0) is 11.5. The highest BCUT2D eigenvalue weighted by Gasteiger charge is 2.30. The van der Waals surface area contributed by atoms with Crippen LogP contribution in [-0.2, 0) is 4.79 Å². The Morgan fingerprint density at radius 3 is 2.67 bits per heavy atom. The lowest BCUT2D eigenvalue weighted by Gasteiger charge is -2.29. The minimum atomic E-state index is -0.0603. The summed E-state index contributed by atoms with van der Waals surface area (Å²) in [5.41, 5.74) is -0.0603. The summed E-state index contributed by atoms with van der Waals surface area (Å²) in [5, 5.41) is 3.15. The summed E-state index contributed by atoms with van der Waals surface area (Å²) >= 11 is 0. The van der Waals surface area contributed by atoms with Crippen LogP contribution in [0.2, 0.25) is 0 Å². The Labute approximate surface area is 93.2 Å². The van der Waals surface area contributed by atoms with Gasteiger partial charge in [0.25, 0.3) is 0 Å². The van der Waals surface area contributed by atoms with Gasteiger partial charge in [-0.25, -0.2) is 0 Å². The summed E-state index contributed by atoms with van der Waals surface area (Å²) in [5.74, 6) is 0.202. The minimum absolute atomic E-state index is 0.0603. The Bertz CT molecular complexity index is 226. The number of likely N-dealkylation sites (N-methyl/N-ethyl adjacent to an activating group) is 1. The molecule has 0 spiro atoms. The van der Waals surface area contributed by atoms with Crippen molar-refractivity contribution in [2.75, 3.05) is 13.6 Å². The van der Waals surface area contributed by atoms with Crippen LogP contribution in [0.4, 0.5) is 0 Å². The summed E-state index contributed by atoms with van der Waals surface area (Å²) in [6, 6.07) is 0.0983. The molecule has 0 aromatic heterocycles. The number of carbonyl (C=O) groups excluding carboxylic acids is 1. The normalized spacial score (nSPS) is 23.1. The molecule has 0 aliphatic carbocycles. The lowest BCUT2D eigenvalue weighted by molar-refractivity contribution is -0.126. The smallest absolute Gasteiger partial charge is 0.237 e. The third kappa shape index (κ3) is 3.49. The van der Waals surface area contributed by atoms with Crippen molar-refractivity contribution in [1.29, 1.82) is 0 Å². The lowest BCUT2D eigenvalue weighted by Crippen LogP contribution is -2.50. The largest absolute Gasteiger partial charge is 0.350 e.